The highest BCUT2D eigenvalue weighted by molar-refractivity contribution is 6.01. The van der Waals surface area contributed by atoms with Gasteiger partial charge in [-0.25, -0.2) is 9.59 Å². The molecule has 3 aromatic rings. The number of amides is 2. The van der Waals surface area contributed by atoms with Gasteiger partial charge in [-0.3, -0.25) is 9.48 Å². The van der Waals surface area contributed by atoms with Gasteiger partial charge < -0.3 is 20.5 Å². The Hall–Kier alpha value is -4.14. The van der Waals surface area contributed by atoms with Crippen molar-refractivity contribution in [3.05, 3.63) is 71.4 Å². The quantitative estimate of drug-likeness (QED) is 0.457. The van der Waals surface area contributed by atoms with E-state index < -0.39 is 24.0 Å². The first kappa shape index (κ1) is 22.6. The highest BCUT2D eigenvalue weighted by Gasteiger charge is 2.33. The van der Waals surface area contributed by atoms with Gasteiger partial charge in [-0.05, 0) is 34.6 Å². The minimum absolute atomic E-state index is 0.0554. The summed E-state index contributed by atoms with van der Waals surface area (Å²) in [4.78, 5) is 37.1. The lowest BCUT2D eigenvalue weighted by Gasteiger charge is -2.19. The fourth-order valence-electron chi connectivity index (χ4n) is 4.64. The molecule has 0 saturated heterocycles. The van der Waals surface area contributed by atoms with Gasteiger partial charge in [0, 0.05) is 19.2 Å². The molecule has 9 heteroatoms. The lowest BCUT2D eigenvalue weighted by molar-refractivity contribution is -0.118. The Labute approximate surface area is 202 Å². The van der Waals surface area contributed by atoms with Crippen molar-refractivity contribution >= 4 is 23.8 Å². The molecule has 1 aromatic heterocycles. The molecular weight excluding hydrogens is 448 g/mol. The zero-order valence-corrected chi connectivity index (χ0v) is 19.2. The molecule has 1 heterocycles. The van der Waals surface area contributed by atoms with E-state index in [1.54, 1.807) is 7.05 Å². The predicted molar refractivity (Wildman–Crippen MR) is 128 cm³/mol. The Kier molecular flexibility index (Phi) is 5.98. The number of carbonyl (C=O) groups is 3. The highest BCUT2D eigenvalue weighted by atomic mass is 16.5. The van der Waals surface area contributed by atoms with E-state index in [9.17, 15) is 19.5 Å². The molecule has 0 aliphatic heterocycles. The van der Waals surface area contributed by atoms with Gasteiger partial charge in [-0.15, -0.1) is 0 Å². The third kappa shape index (κ3) is 4.75. The molecule has 1 unspecified atom stereocenters. The van der Waals surface area contributed by atoms with E-state index in [-0.39, 0.29) is 23.9 Å². The first-order valence-corrected chi connectivity index (χ1v) is 11.6. The standard InChI is InChI=1S/C26H26N4O5/c1-30-13-20(25(32)33)23(29-30)28-24(31)22(12-15-10-11-15)27-26(34)35-14-21-18-8-4-2-6-16(18)17-7-3-5-9-19(17)21/h2-9,13,15,21-22H,10-12,14H2,1H3,(H,27,34)(H,32,33)(H,28,29,31). The van der Waals surface area contributed by atoms with Crippen LogP contribution in [0.4, 0.5) is 10.6 Å². The van der Waals surface area contributed by atoms with Crippen molar-refractivity contribution in [2.75, 3.05) is 11.9 Å². The monoisotopic (exact) mass is 474 g/mol. The average Bonchev–Trinajstić information content (AvgIpc) is 3.50. The number of carboxylic acid groups (broad SMARTS) is 1. The average molecular weight is 475 g/mol. The molecule has 0 bridgehead atoms. The summed E-state index contributed by atoms with van der Waals surface area (Å²) in [6.07, 6.45) is 3.05. The van der Waals surface area contributed by atoms with Crippen LogP contribution >= 0.6 is 0 Å². The number of alkyl carbamates (subject to hydrolysis) is 1. The number of ether oxygens (including phenoxy) is 1. The van der Waals surface area contributed by atoms with Crippen LogP contribution in [0.3, 0.4) is 0 Å². The number of nitrogens with zero attached hydrogens (tertiary/aromatic N) is 2. The van der Waals surface area contributed by atoms with Crippen LogP contribution in [0.1, 0.15) is 46.7 Å². The molecule has 1 fully saturated rings. The summed E-state index contributed by atoms with van der Waals surface area (Å²) in [6, 6.07) is 15.3. The van der Waals surface area contributed by atoms with Crippen molar-refractivity contribution in [2.24, 2.45) is 13.0 Å². The normalized spacial score (nSPS) is 15.1. The number of benzene rings is 2. The van der Waals surface area contributed by atoms with E-state index >= 15 is 0 Å². The van der Waals surface area contributed by atoms with Crippen molar-refractivity contribution in [1.82, 2.24) is 15.1 Å². The summed E-state index contributed by atoms with van der Waals surface area (Å²) in [5.74, 6) is -1.53. The van der Waals surface area contributed by atoms with Gasteiger partial charge in [-0.2, -0.15) is 5.10 Å². The molecule has 0 spiro atoms. The molecule has 1 saturated carbocycles. The first-order chi connectivity index (χ1) is 16.9. The Bertz CT molecular complexity index is 1250. The summed E-state index contributed by atoms with van der Waals surface area (Å²) in [7, 11) is 1.57. The Balaban J connectivity index is 1.26. The summed E-state index contributed by atoms with van der Waals surface area (Å²) in [5, 5.41) is 18.6. The maximum absolute atomic E-state index is 13.0. The third-order valence-corrected chi connectivity index (χ3v) is 6.52. The fourth-order valence-corrected chi connectivity index (χ4v) is 4.64. The molecule has 3 N–H and O–H groups in total. The van der Waals surface area contributed by atoms with Gasteiger partial charge in [0.25, 0.3) is 0 Å². The van der Waals surface area contributed by atoms with E-state index in [2.05, 4.69) is 27.9 Å². The third-order valence-electron chi connectivity index (χ3n) is 6.52. The summed E-state index contributed by atoms with van der Waals surface area (Å²) >= 11 is 0. The predicted octanol–water partition coefficient (Wildman–Crippen LogP) is 3.76. The number of rotatable bonds is 8. The van der Waals surface area contributed by atoms with Crippen LogP contribution < -0.4 is 10.6 Å². The van der Waals surface area contributed by atoms with E-state index in [4.69, 9.17) is 4.74 Å². The minimum Gasteiger partial charge on any atom is -0.477 e. The van der Waals surface area contributed by atoms with Gasteiger partial charge in [0.1, 0.15) is 18.2 Å². The van der Waals surface area contributed by atoms with Crippen molar-refractivity contribution in [1.29, 1.82) is 0 Å². The zero-order chi connectivity index (χ0) is 24.5. The zero-order valence-electron chi connectivity index (χ0n) is 19.2. The second-order valence-electron chi connectivity index (χ2n) is 9.06. The van der Waals surface area contributed by atoms with E-state index in [1.165, 1.54) is 10.9 Å². The number of hydrogen-bond donors (Lipinski definition) is 3. The maximum atomic E-state index is 13.0. The van der Waals surface area contributed by atoms with Crippen molar-refractivity contribution < 1.29 is 24.2 Å². The van der Waals surface area contributed by atoms with Gasteiger partial charge in [0.2, 0.25) is 5.91 Å². The van der Waals surface area contributed by atoms with Crippen molar-refractivity contribution in [2.45, 2.75) is 31.2 Å². The Morgan fingerprint density at radius 2 is 1.71 bits per heavy atom. The number of carboxylic acids is 1. The van der Waals surface area contributed by atoms with Gasteiger partial charge in [0.15, 0.2) is 5.82 Å². The number of anilines is 1. The van der Waals surface area contributed by atoms with Gasteiger partial charge >= 0.3 is 12.1 Å². The second kappa shape index (κ2) is 9.25. The van der Waals surface area contributed by atoms with Gasteiger partial charge in [-0.1, -0.05) is 61.4 Å². The fraction of sp³-hybridized carbons (Fsp3) is 0.308. The molecule has 180 valence electrons. The van der Waals surface area contributed by atoms with Crippen LogP contribution in [0.5, 0.6) is 0 Å². The number of carbonyl (C=O) groups excluding carboxylic acids is 2. The van der Waals surface area contributed by atoms with Crippen LogP contribution in [0.25, 0.3) is 11.1 Å². The molecule has 2 amide bonds. The largest absolute Gasteiger partial charge is 0.477 e. The first-order valence-electron chi connectivity index (χ1n) is 11.6. The molecule has 2 aliphatic carbocycles. The number of aryl methyl sites for hydroxylation is 1. The van der Waals surface area contributed by atoms with E-state index in [1.807, 2.05) is 36.4 Å². The molecule has 0 radical (unpaired) electrons. The number of fused-ring (bicyclic) bond motifs is 3. The summed E-state index contributed by atoms with van der Waals surface area (Å²) in [5.41, 5.74) is 4.35. The van der Waals surface area contributed by atoms with Crippen molar-refractivity contribution in [3.63, 3.8) is 0 Å². The van der Waals surface area contributed by atoms with Crippen molar-refractivity contribution in [3.8, 4) is 11.1 Å². The molecular formula is C26H26N4O5. The summed E-state index contributed by atoms with van der Waals surface area (Å²) in [6.45, 7) is 0.140. The van der Waals surface area contributed by atoms with Crippen LogP contribution in [0.15, 0.2) is 54.7 Å². The molecule has 5 rings (SSSR count). The van der Waals surface area contributed by atoms with Crippen LogP contribution in [-0.4, -0.2) is 45.5 Å². The topological polar surface area (TPSA) is 123 Å². The smallest absolute Gasteiger partial charge is 0.407 e. The molecule has 9 nitrogen and oxygen atoms in total. The van der Waals surface area contributed by atoms with Crippen LogP contribution in [0, 0.1) is 5.92 Å². The molecule has 2 aliphatic rings. The lowest BCUT2D eigenvalue weighted by atomic mass is 9.98. The lowest BCUT2D eigenvalue weighted by Crippen LogP contribution is -2.44. The number of aromatic nitrogens is 2. The Morgan fingerprint density at radius 1 is 1.09 bits per heavy atom. The van der Waals surface area contributed by atoms with Crippen LogP contribution in [0.2, 0.25) is 0 Å². The van der Waals surface area contributed by atoms with Gasteiger partial charge in [0.05, 0.1) is 0 Å². The SMILES string of the molecule is Cn1cc(C(=O)O)c(NC(=O)C(CC2CC2)NC(=O)OCC2c3ccccc3-c3ccccc32)n1. The van der Waals surface area contributed by atoms with E-state index in [0.29, 0.717) is 12.3 Å². The number of aromatic carboxylic acids is 1. The minimum atomic E-state index is -1.20. The second-order valence-corrected chi connectivity index (χ2v) is 9.06. The summed E-state index contributed by atoms with van der Waals surface area (Å²) < 4.78 is 6.91. The molecule has 1 atom stereocenters. The van der Waals surface area contributed by atoms with Crippen LogP contribution in [-0.2, 0) is 16.6 Å². The Morgan fingerprint density at radius 3 is 2.31 bits per heavy atom. The highest BCUT2D eigenvalue weighted by Crippen LogP contribution is 2.44. The number of nitrogens with one attached hydrogen (secondary N) is 2. The number of hydrogen-bond acceptors (Lipinski definition) is 5. The van der Waals surface area contributed by atoms with E-state index in [0.717, 1.165) is 35.1 Å². The molecule has 35 heavy (non-hydrogen) atoms. The molecule has 2 aromatic carbocycles. The maximum Gasteiger partial charge on any atom is 0.407 e.